The Morgan fingerprint density at radius 2 is 1.57 bits per heavy atom. The predicted octanol–water partition coefficient (Wildman–Crippen LogP) is 1.38. The van der Waals surface area contributed by atoms with Crippen LogP contribution in [0.2, 0.25) is 0 Å². The van der Waals surface area contributed by atoms with Crippen LogP contribution in [0.15, 0.2) is 62.0 Å². The molecular formula is C13H11N5O3. The number of carbonyl (C=O) groups excluding carboxylic acids is 1. The van der Waals surface area contributed by atoms with Gasteiger partial charge in [-0.15, -0.1) is 0 Å². The fourth-order valence-corrected chi connectivity index (χ4v) is 1.37. The molecule has 0 spiro atoms. The molecular weight excluding hydrogens is 274 g/mol. The number of nitrogens with zero attached hydrogens (tertiary/aromatic N) is 5. The molecule has 0 saturated heterocycles. The minimum absolute atomic E-state index is 0.190. The van der Waals surface area contributed by atoms with E-state index in [2.05, 4.69) is 15.0 Å². The molecule has 106 valence electrons. The van der Waals surface area contributed by atoms with Gasteiger partial charge in [0, 0.05) is 37.2 Å². The molecule has 8 heteroatoms. The van der Waals surface area contributed by atoms with Gasteiger partial charge in [-0.1, -0.05) is 0 Å². The van der Waals surface area contributed by atoms with E-state index in [9.17, 15) is 9.59 Å². The monoisotopic (exact) mass is 285 g/mol. The summed E-state index contributed by atoms with van der Waals surface area (Å²) in [5.41, 5.74) is 0.220. The lowest BCUT2D eigenvalue weighted by molar-refractivity contribution is 0.0696. The lowest BCUT2D eigenvalue weighted by Crippen LogP contribution is -2.15. The van der Waals surface area contributed by atoms with E-state index < -0.39 is 5.97 Å². The van der Waals surface area contributed by atoms with Gasteiger partial charge in [-0.25, -0.2) is 19.6 Å². The maximum absolute atomic E-state index is 11.4. The van der Waals surface area contributed by atoms with Crippen molar-refractivity contribution in [2.24, 2.45) is 0 Å². The standard InChI is InChI=1S/C7H6N4O.C6H5NO2/c12-7(10-3-1-8-5-10)11-4-2-9-6-11;8-6(9)5-2-1-3-7-4-5/h1-6H;1-4H,(H,8,9). The highest BCUT2D eigenvalue weighted by Crippen LogP contribution is 1.93. The second-order valence-corrected chi connectivity index (χ2v) is 3.77. The first-order valence-corrected chi connectivity index (χ1v) is 5.82. The van der Waals surface area contributed by atoms with Crippen LogP contribution in [0.1, 0.15) is 10.4 Å². The summed E-state index contributed by atoms with van der Waals surface area (Å²) in [5, 5.41) is 8.34. The van der Waals surface area contributed by atoms with Crippen molar-refractivity contribution in [2.45, 2.75) is 0 Å². The van der Waals surface area contributed by atoms with Crippen LogP contribution in [0.25, 0.3) is 0 Å². The van der Waals surface area contributed by atoms with E-state index in [0.717, 1.165) is 0 Å². The van der Waals surface area contributed by atoms with Crippen molar-refractivity contribution in [1.82, 2.24) is 24.1 Å². The van der Waals surface area contributed by atoms with Crippen molar-refractivity contribution in [2.75, 3.05) is 0 Å². The van der Waals surface area contributed by atoms with Crippen molar-refractivity contribution in [3.63, 3.8) is 0 Å². The van der Waals surface area contributed by atoms with Crippen molar-refractivity contribution < 1.29 is 14.7 Å². The van der Waals surface area contributed by atoms with Gasteiger partial charge in [0.05, 0.1) is 5.56 Å². The zero-order valence-corrected chi connectivity index (χ0v) is 10.8. The number of carbonyl (C=O) groups is 2. The predicted molar refractivity (Wildman–Crippen MR) is 71.8 cm³/mol. The van der Waals surface area contributed by atoms with Gasteiger partial charge >= 0.3 is 12.0 Å². The van der Waals surface area contributed by atoms with Gasteiger partial charge in [0.2, 0.25) is 0 Å². The number of pyridine rings is 1. The molecule has 0 aliphatic heterocycles. The summed E-state index contributed by atoms with van der Waals surface area (Å²) in [7, 11) is 0. The molecule has 3 heterocycles. The Morgan fingerprint density at radius 3 is 1.90 bits per heavy atom. The van der Waals surface area contributed by atoms with E-state index >= 15 is 0 Å². The first-order valence-electron chi connectivity index (χ1n) is 5.82. The highest BCUT2D eigenvalue weighted by Gasteiger charge is 2.03. The molecule has 3 aromatic heterocycles. The molecule has 0 fully saturated rings. The quantitative estimate of drug-likeness (QED) is 0.724. The average Bonchev–Trinajstić information content (AvgIpc) is 3.21. The van der Waals surface area contributed by atoms with E-state index in [4.69, 9.17) is 5.11 Å². The lowest BCUT2D eigenvalue weighted by Gasteiger charge is -1.98. The van der Waals surface area contributed by atoms with Gasteiger partial charge in [0.25, 0.3) is 0 Å². The minimum Gasteiger partial charge on any atom is -0.478 e. The largest absolute Gasteiger partial charge is 0.478 e. The lowest BCUT2D eigenvalue weighted by atomic mass is 10.3. The van der Waals surface area contributed by atoms with Crippen LogP contribution in [-0.4, -0.2) is 41.2 Å². The molecule has 0 unspecified atom stereocenters. The molecule has 0 atom stereocenters. The minimum atomic E-state index is -0.942. The fourth-order valence-electron chi connectivity index (χ4n) is 1.37. The molecule has 0 aliphatic carbocycles. The van der Waals surface area contributed by atoms with Crippen LogP contribution >= 0.6 is 0 Å². The summed E-state index contributed by atoms with van der Waals surface area (Å²) in [4.78, 5) is 32.7. The zero-order valence-electron chi connectivity index (χ0n) is 10.8. The number of hydrogen-bond acceptors (Lipinski definition) is 5. The third kappa shape index (κ3) is 3.83. The van der Waals surface area contributed by atoms with E-state index in [-0.39, 0.29) is 11.6 Å². The number of carboxylic acids is 1. The van der Waals surface area contributed by atoms with Crippen molar-refractivity contribution >= 4 is 12.0 Å². The second-order valence-electron chi connectivity index (χ2n) is 3.77. The van der Waals surface area contributed by atoms with Crippen molar-refractivity contribution in [1.29, 1.82) is 0 Å². The number of aromatic carboxylic acids is 1. The van der Waals surface area contributed by atoms with E-state index in [1.165, 1.54) is 40.2 Å². The maximum Gasteiger partial charge on any atom is 0.338 e. The van der Waals surface area contributed by atoms with Crippen LogP contribution in [-0.2, 0) is 0 Å². The Kier molecular flexibility index (Phi) is 4.54. The Morgan fingerprint density at radius 1 is 0.952 bits per heavy atom. The summed E-state index contributed by atoms with van der Waals surface area (Å²) in [6.45, 7) is 0. The summed E-state index contributed by atoms with van der Waals surface area (Å²) < 4.78 is 2.75. The molecule has 8 nitrogen and oxygen atoms in total. The van der Waals surface area contributed by atoms with E-state index in [1.807, 2.05) is 0 Å². The molecule has 0 radical (unpaired) electrons. The Bertz CT molecular complexity index is 657. The third-order valence-corrected chi connectivity index (χ3v) is 2.36. The molecule has 0 amide bonds. The Hall–Kier alpha value is -3.29. The van der Waals surface area contributed by atoms with Crippen LogP contribution in [0, 0.1) is 0 Å². The summed E-state index contributed by atoms with van der Waals surface area (Å²) >= 11 is 0. The highest BCUT2D eigenvalue weighted by atomic mass is 16.4. The molecule has 0 bridgehead atoms. The van der Waals surface area contributed by atoms with Crippen LogP contribution in [0.4, 0.5) is 4.79 Å². The average molecular weight is 285 g/mol. The number of rotatable bonds is 1. The summed E-state index contributed by atoms with van der Waals surface area (Å²) in [5.74, 6) is -0.942. The van der Waals surface area contributed by atoms with E-state index in [1.54, 1.807) is 30.9 Å². The van der Waals surface area contributed by atoms with Crippen LogP contribution in [0.3, 0.4) is 0 Å². The first-order chi connectivity index (χ1) is 10.2. The van der Waals surface area contributed by atoms with Gasteiger partial charge in [0.1, 0.15) is 12.7 Å². The molecule has 0 saturated carbocycles. The second kappa shape index (κ2) is 6.75. The normalized spacial score (nSPS) is 9.52. The van der Waals surface area contributed by atoms with E-state index in [0.29, 0.717) is 0 Å². The van der Waals surface area contributed by atoms with Gasteiger partial charge in [-0.2, -0.15) is 0 Å². The van der Waals surface area contributed by atoms with Gasteiger partial charge in [-0.05, 0) is 12.1 Å². The topological polar surface area (TPSA) is 103 Å². The van der Waals surface area contributed by atoms with Crippen LogP contribution in [0.5, 0.6) is 0 Å². The number of hydrogen-bond donors (Lipinski definition) is 1. The van der Waals surface area contributed by atoms with Gasteiger partial charge in [-0.3, -0.25) is 14.1 Å². The first kappa shape index (κ1) is 14.1. The van der Waals surface area contributed by atoms with Gasteiger partial charge in [0.15, 0.2) is 0 Å². The molecule has 0 aromatic carbocycles. The SMILES string of the molecule is O=C(O)c1cccnc1.O=C(n1ccnc1)n1ccnc1. The fraction of sp³-hybridized carbons (Fsp3) is 0. The Labute approximate surface area is 119 Å². The summed E-state index contributed by atoms with van der Waals surface area (Å²) in [6.07, 6.45) is 12.0. The molecule has 1 N–H and O–H groups in total. The Balaban J connectivity index is 0.000000161. The number of carboxylic acid groups (broad SMARTS) is 1. The van der Waals surface area contributed by atoms with Gasteiger partial charge < -0.3 is 5.11 Å². The molecule has 3 rings (SSSR count). The number of aromatic nitrogens is 5. The third-order valence-electron chi connectivity index (χ3n) is 2.36. The van der Waals surface area contributed by atoms with Crippen LogP contribution < -0.4 is 0 Å². The summed E-state index contributed by atoms with van der Waals surface area (Å²) in [6, 6.07) is 2.89. The smallest absolute Gasteiger partial charge is 0.338 e. The number of imidazole rings is 2. The maximum atomic E-state index is 11.4. The molecule has 3 aromatic rings. The highest BCUT2D eigenvalue weighted by molar-refractivity contribution is 5.86. The molecule has 0 aliphatic rings. The molecule has 21 heavy (non-hydrogen) atoms. The van der Waals surface area contributed by atoms with Crippen molar-refractivity contribution in [3.05, 3.63) is 67.5 Å². The zero-order chi connectivity index (χ0) is 15.1. The van der Waals surface area contributed by atoms with Crippen molar-refractivity contribution in [3.8, 4) is 0 Å².